The Morgan fingerprint density at radius 3 is 2.62 bits per heavy atom. The molecule has 1 amide bonds. The molecule has 4 N–H and O–H groups in total. The van der Waals surface area contributed by atoms with Gasteiger partial charge in [-0.15, -0.1) is 0 Å². The molecule has 1 atom stereocenters. The Morgan fingerprint density at radius 2 is 1.91 bits per heavy atom. The lowest BCUT2D eigenvalue weighted by molar-refractivity contribution is -0.120. The van der Waals surface area contributed by atoms with E-state index in [0.717, 1.165) is 43.1 Å². The minimum absolute atomic E-state index is 0.0620. The van der Waals surface area contributed by atoms with E-state index in [0.29, 0.717) is 18.8 Å². The van der Waals surface area contributed by atoms with Crippen molar-refractivity contribution in [2.75, 3.05) is 23.7 Å². The lowest BCUT2D eigenvalue weighted by Crippen LogP contribution is -2.43. The molecular weight excluding hydrogens is 434 g/mol. The summed E-state index contributed by atoms with van der Waals surface area (Å²) >= 11 is 0. The predicted molar refractivity (Wildman–Crippen MR) is 135 cm³/mol. The van der Waals surface area contributed by atoms with E-state index < -0.39 is 11.2 Å². The molecule has 0 aliphatic carbocycles. The van der Waals surface area contributed by atoms with Crippen LogP contribution >= 0.6 is 0 Å². The van der Waals surface area contributed by atoms with Gasteiger partial charge >= 0.3 is 5.69 Å². The van der Waals surface area contributed by atoms with Crippen LogP contribution in [0.3, 0.4) is 0 Å². The number of furan rings is 1. The number of nitrogens with one attached hydrogen (secondary N) is 2. The van der Waals surface area contributed by atoms with Gasteiger partial charge < -0.3 is 20.4 Å². The molecule has 0 fully saturated rings. The number of carbonyl (C=O) groups is 1. The fourth-order valence-corrected chi connectivity index (χ4v) is 3.99. The van der Waals surface area contributed by atoms with Gasteiger partial charge in [-0.25, -0.2) is 4.79 Å². The van der Waals surface area contributed by atoms with Crippen molar-refractivity contribution in [1.82, 2.24) is 14.9 Å². The van der Waals surface area contributed by atoms with Crippen LogP contribution in [0.5, 0.6) is 0 Å². The molecule has 0 aliphatic rings. The Morgan fingerprint density at radius 1 is 1.18 bits per heavy atom. The van der Waals surface area contributed by atoms with Gasteiger partial charge in [-0.3, -0.25) is 19.1 Å². The number of para-hydroxylation sites is 1. The van der Waals surface area contributed by atoms with Crippen LogP contribution in [0, 0.1) is 0 Å². The fourth-order valence-electron chi connectivity index (χ4n) is 3.99. The maximum atomic E-state index is 13.0. The standard InChI is InChI=1S/C25H35N5O4/c1-4-6-10-13-29(22-23(26)30(14-7-5-2)25(33)28-24(22)32)16-21(31)27-17(3)20-15-18-11-8-9-12-19(18)34-20/h8-9,11-12,15,17H,4-7,10,13-14,16,26H2,1-3H3,(H,27,31)(H,28,32,33)/t17-/m0/s1. The van der Waals surface area contributed by atoms with Crippen molar-refractivity contribution in [2.45, 2.75) is 65.5 Å². The fraction of sp³-hybridized carbons (Fsp3) is 0.480. The van der Waals surface area contributed by atoms with Crippen molar-refractivity contribution in [2.24, 2.45) is 0 Å². The Kier molecular flexibility index (Phi) is 8.56. The van der Waals surface area contributed by atoms with E-state index in [4.69, 9.17) is 10.2 Å². The number of hydrogen-bond donors (Lipinski definition) is 3. The summed E-state index contributed by atoms with van der Waals surface area (Å²) in [5.74, 6) is 0.476. The number of fused-ring (bicyclic) bond motifs is 1. The van der Waals surface area contributed by atoms with Crippen LogP contribution in [-0.4, -0.2) is 28.5 Å². The van der Waals surface area contributed by atoms with Crippen molar-refractivity contribution >= 4 is 28.4 Å². The third kappa shape index (κ3) is 5.89. The summed E-state index contributed by atoms with van der Waals surface area (Å²) in [6.45, 7) is 6.76. The molecule has 9 heteroatoms. The summed E-state index contributed by atoms with van der Waals surface area (Å²) in [5.41, 5.74) is 6.11. The zero-order valence-electron chi connectivity index (χ0n) is 20.2. The summed E-state index contributed by atoms with van der Waals surface area (Å²) in [6.07, 6.45) is 4.35. The van der Waals surface area contributed by atoms with Gasteiger partial charge in [0.2, 0.25) is 5.91 Å². The molecule has 184 valence electrons. The number of H-pyrrole nitrogens is 1. The molecule has 3 aromatic rings. The molecule has 2 aromatic heterocycles. The molecule has 0 saturated heterocycles. The highest BCUT2D eigenvalue weighted by Gasteiger charge is 2.22. The largest absolute Gasteiger partial charge is 0.459 e. The minimum Gasteiger partial charge on any atom is -0.459 e. The highest BCUT2D eigenvalue weighted by Crippen LogP contribution is 2.24. The van der Waals surface area contributed by atoms with E-state index in [1.165, 1.54) is 4.57 Å². The maximum absolute atomic E-state index is 13.0. The first-order valence-electron chi connectivity index (χ1n) is 12.0. The second-order valence-electron chi connectivity index (χ2n) is 8.60. The number of anilines is 2. The number of amides is 1. The van der Waals surface area contributed by atoms with E-state index in [9.17, 15) is 14.4 Å². The molecular formula is C25H35N5O4. The molecule has 0 aliphatic heterocycles. The molecule has 0 bridgehead atoms. The first-order chi connectivity index (χ1) is 16.3. The zero-order valence-corrected chi connectivity index (χ0v) is 20.2. The molecule has 0 radical (unpaired) electrons. The van der Waals surface area contributed by atoms with Crippen LogP contribution < -0.4 is 27.2 Å². The average Bonchev–Trinajstić information content (AvgIpc) is 3.23. The van der Waals surface area contributed by atoms with Gasteiger partial charge in [0.25, 0.3) is 5.56 Å². The number of aromatic nitrogens is 2. The van der Waals surface area contributed by atoms with Crippen LogP contribution in [0.15, 0.2) is 44.3 Å². The van der Waals surface area contributed by atoms with Gasteiger partial charge in [0.15, 0.2) is 0 Å². The van der Waals surface area contributed by atoms with Crippen molar-refractivity contribution in [3.8, 4) is 0 Å². The summed E-state index contributed by atoms with van der Waals surface area (Å²) in [4.78, 5) is 42.1. The summed E-state index contributed by atoms with van der Waals surface area (Å²) in [7, 11) is 0. The van der Waals surface area contributed by atoms with Crippen LogP contribution in [0.25, 0.3) is 11.0 Å². The van der Waals surface area contributed by atoms with Gasteiger partial charge in [-0.2, -0.15) is 0 Å². The first-order valence-corrected chi connectivity index (χ1v) is 12.0. The van der Waals surface area contributed by atoms with Crippen LogP contribution in [0.4, 0.5) is 11.5 Å². The van der Waals surface area contributed by atoms with Gasteiger partial charge in [0.1, 0.15) is 22.8 Å². The molecule has 3 rings (SSSR count). The summed E-state index contributed by atoms with van der Waals surface area (Å²) in [5, 5.41) is 3.92. The monoisotopic (exact) mass is 469 g/mol. The highest BCUT2D eigenvalue weighted by atomic mass is 16.3. The zero-order chi connectivity index (χ0) is 24.7. The Hall–Kier alpha value is -3.49. The maximum Gasteiger partial charge on any atom is 0.330 e. The number of unbranched alkanes of at least 4 members (excludes halogenated alkanes) is 3. The van der Waals surface area contributed by atoms with E-state index >= 15 is 0 Å². The molecule has 9 nitrogen and oxygen atoms in total. The smallest absolute Gasteiger partial charge is 0.330 e. The first kappa shape index (κ1) is 25.1. The molecule has 2 heterocycles. The number of carbonyl (C=O) groups excluding carboxylic acids is 1. The number of nitrogens with two attached hydrogens (primary N) is 1. The third-order valence-electron chi connectivity index (χ3n) is 5.88. The van der Waals surface area contributed by atoms with Gasteiger partial charge in [-0.1, -0.05) is 51.3 Å². The highest BCUT2D eigenvalue weighted by molar-refractivity contribution is 5.83. The number of nitrogen functional groups attached to an aromatic ring is 1. The number of rotatable bonds is 12. The van der Waals surface area contributed by atoms with Crippen molar-refractivity contribution < 1.29 is 9.21 Å². The number of hydrogen-bond acceptors (Lipinski definition) is 6. The predicted octanol–water partition coefficient (Wildman–Crippen LogP) is 3.54. The van der Waals surface area contributed by atoms with Gasteiger partial charge in [0, 0.05) is 18.5 Å². The lowest BCUT2D eigenvalue weighted by atomic mass is 10.2. The molecule has 1 aromatic carbocycles. The van der Waals surface area contributed by atoms with E-state index in [2.05, 4.69) is 17.2 Å². The molecule has 0 spiro atoms. The Bertz CT molecular complexity index is 1190. The van der Waals surface area contributed by atoms with Crippen molar-refractivity contribution in [3.63, 3.8) is 0 Å². The SMILES string of the molecule is CCCCCN(CC(=O)N[C@@H](C)c1cc2ccccc2o1)c1c(N)n(CCCC)c(=O)[nH]c1=O. The third-order valence-corrected chi connectivity index (χ3v) is 5.88. The number of benzene rings is 1. The van der Waals surface area contributed by atoms with Crippen molar-refractivity contribution in [3.05, 3.63) is 56.9 Å². The Balaban J connectivity index is 1.82. The molecule has 34 heavy (non-hydrogen) atoms. The summed E-state index contributed by atoms with van der Waals surface area (Å²) < 4.78 is 7.24. The Labute approximate surface area is 198 Å². The van der Waals surface area contributed by atoms with Crippen LogP contribution in [0.2, 0.25) is 0 Å². The molecule has 0 unspecified atom stereocenters. The lowest BCUT2D eigenvalue weighted by Gasteiger charge is -2.26. The van der Waals surface area contributed by atoms with Crippen molar-refractivity contribution in [1.29, 1.82) is 0 Å². The van der Waals surface area contributed by atoms with E-state index in [1.54, 1.807) is 4.90 Å². The second kappa shape index (κ2) is 11.6. The second-order valence-corrected chi connectivity index (χ2v) is 8.60. The molecule has 0 saturated carbocycles. The minimum atomic E-state index is -0.579. The van der Waals surface area contributed by atoms with Crippen LogP contribution in [0.1, 0.15) is 64.7 Å². The normalized spacial score (nSPS) is 12.1. The number of nitrogens with zero attached hydrogens (tertiary/aromatic N) is 2. The number of aromatic amines is 1. The quantitative estimate of drug-likeness (QED) is 0.348. The summed E-state index contributed by atoms with van der Waals surface area (Å²) in [6, 6.07) is 9.22. The van der Waals surface area contributed by atoms with Gasteiger partial charge in [-0.05, 0) is 31.9 Å². The van der Waals surface area contributed by atoms with E-state index in [-0.39, 0.29) is 30.0 Å². The van der Waals surface area contributed by atoms with E-state index in [1.807, 2.05) is 44.2 Å². The van der Waals surface area contributed by atoms with Gasteiger partial charge in [0.05, 0.1) is 12.6 Å². The topological polar surface area (TPSA) is 126 Å². The average molecular weight is 470 g/mol. The van der Waals surface area contributed by atoms with Crippen LogP contribution in [-0.2, 0) is 11.3 Å².